The van der Waals surface area contributed by atoms with E-state index in [0.717, 1.165) is 42.9 Å². The third-order valence-corrected chi connectivity index (χ3v) is 4.53. The van der Waals surface area contributed by atoms with Crippen LogP contribution in [0.25, 0.3) is 0 Å². The van der Waals surface area contributed by atoms with Crippen LogP contribution in [0.2, 0.25) is 0 Å². The van der Waals surface area contributed by atoms with Gasteiger partial charge in [-0.2, -0.15) is 4.37 Å². The quantitative estimate of drug-likeness (QED) is 0.840. The van der Waals surface area contributed by atoms with Crippen molar-refractivity contribution in [2.24, 2.45) is 0 Å². The zero-order chi connectivity index (χ0) is 15.4. The first kappa shape index (κ1) is 15.1. The highest BCUT2D eigenvalue weighted by atomic mass is 32.1. The van der Waals surface area contributed by atoms with E-state index in [-0.39, 0.29) is 0 Å². The number of aromatic nitrogens is 2. The van der Waals surface area contributed by atoms with Crippen molar-refractivity contribution >= 4 is 22.4 Å². The smallest absolute Gasteiger partial charge is 0.205 e. The molecule has 1 aliphatic rings. The van der Waals surface area contributed by atoms with E-state index in [4.69, 9.17) is 9.47 Å². The van der Waals surface area contributed by atoms with Gasteiger partial charge >= 0.3 is 0 Å². The lowest BCUT2D eigenvalue weighted by Gasteiger charge is -2.35. The molecule has 0 saturated carbocycles. The topological polar surface area (TPSA) is 50.7 Å². The number of methoxy groups -OCH3 is 2. The van der Waals surface area contributed by atoms with Gasteiger partial charge in [0.15, 0.2) is 5.82 Å². The average molecular weight is 320 g/mol. The minimum atomic E-state index is 0.475. The highest BCUT2D eigenvalue weighted by Crippen LogP contribution is 2.23. The van der Waals surface area contributed by atoms with Gasteiger partial charge < -0.3 is 19.3 Å². The van der Waals surface area contributed by atoms with Crippen LogP contribution in [0.1, 0.15) is 5.82 Å². The summed E-state index contributed by atoms with van der Waals surface area (Å²) in [7, 11) is 3.35. The maximum Gasteiger partial charge on any atom is 0.205 e. The molecule has 1 aromatic carbocycles. The number of ether oxygens (including phenoxy) is 2. The summed E-state index contributed by atoms with van der Waals surface area (Å²) in [4.78, 5) is 9.19. The molecule has 0 spiro atoms. The third kappa shape index (κ3) is 3.31. The second kappa shape index (κ2) is 6.93. The van der Waals surface area contributed by atoms with Gasteiger partial charge in [-0.25, -0.2) is 4.98 Å². The van der Waals surface area contributed by atoms with E-state index in [2.05, 4.69) is 31.3 Å². The van der Waals surface area contributed by atoms with Crippen molar-refractivity contribution in [2.75, 3.05) is 50.2 Å². The average Bonchev–Trinajstić information content (AvgIpc) is 3.04. The predicted molar refractivity (Wildman–Crippen MR) is 88.0 cm³/mol. The molecule has 1 fully saturated rings. The Morgan fingerprint density at radius 2 is 1.73 bits per heavy atom. The summed E-state index contributed by atoms with van der Waals surface area (Å²) in [6, 6.07) is 8.22. The highest BCUT2D eigenvalue weighted by molar-refractivity contribution is 7.09. The Bertz CT molecular complexity index is 594. The lowest BCUT2D eigenvalue weighted by atomic mass is 10.2. The number of hydrogen-bond donors (Lipinski definition) is 0. The van der Waals surface area contributed by atoms with Gasteiger partial charge in [0.05, 0.1) is 7.11 Å². The normalized spacial score (nSPS) is 15.2. The highest BCUT2D eigenvalue weighted by Gasteiger charge is 2.20. The Kier molecular flexibility index (Phi) is 4.74. The van der Waals surface area contributed by atoms with Crippen LogP contribution in [0.4, 0.5) is 10.8 Å². The van der Waals surface area contributed by atoms with Crippen LogP contribution in [0.15, 0.2) is 24.3 Å². The van der Waals surface area contributed by atoms with E-state index in [1.165, 1.54) is 17.2 Å². The van der Waals surface area contributed by atoms with Crippen LogP contribution < -0.4 is 14.5 Å². The summed E-state index contributed by atoms with van der Waals surface area (Å²) in [5, 5.41) is 0.987. The lowest BCUT2D eigenvalue weighted by molar-refractivity contribution is 0.179. The van der Waals surface area contributed by atoms with Gasteiger partial charge in [0.25, 0.3) is 0 Å². The molecule has 1 saturated heterocycles. The Hall–Kier alpha value is -1.86. The third-order valence-electron chi connectivity index (χ3n) is 3.72. The van der Waals surface area contributed by atoms with E-state index in [0.29, 0.717) is 6.61 Å². The van der Waals surface area contributed by atoms with Crippen molar-refractivity contribution in [2.45, 2.75) is 6.61 Å². The Labute approximate surface area is 134 Å². The minimum absolute atomic E-state index is 0.475. The van der Waals surface area contributed by atoms with Gasteiger partial charge in [-0.1, -0.05) is 0 Å². The van der Waals surface area contributed by atoms with E-state index in [9.17, 15) is 0 Å². The van der Waals surface area contributed by atoms with Gasteiger partial charge in [0.1, 0.15) is 12.4 Å². The molecular formula is C15H20N4O2S. The lowest BCUT2D eigenvalue weighted by Crippen LogP contribution is -2.46. The SMILES string of the molecule is COCc1nsc(N2CCN(c3ccc(OC)cc3)CC2)n1. The van der Waals surface area contributed by atoms with Crippen LogP contribution in [-0.2, 0) is 11.3 Å². The molecule has 3 rings (SSSR count). The predicted octanol–water partition coefficient (Wildman–Crippen LogP) is 2.02. The molecule has 2 aromatic rings. The van der Waals surface area contributed by atoms with Crippen molar-refractivity contribution < 1.29 is 9.47 Å². The minimum Gasteiger partial charge on any atom is -0.497 e. The van der Waals surface area contributed by atoms with Crippen molar-refractivity contribution in [3.63, 3.8) is 0 Å². The fourth-order valence-electron chi connectivity index (χ4n) is 2.51. The van der Waals surface area contributed by atoms with Crippen LogP contribution in [0, 0.1) is 0 Å². The summed E-state index contributed by atoms with van der Waals surface area (Å²) in [5.74, 6) is 1.65. The second-order valence-electron chi connectivity index (χ2n) is 5.10. The Balaban J connectivity index is 1.59. The van der Waals surface area contributed by atoms with Crippen molar-refractivity contribution in [3.8, 4) is 5.75 Å². The number of hydrogen-bond acceptors (Lipinski definition) is 7. The summed E-state index contributed by atoms with van der Waals surface area (Å²) < 4.78 is 14.6. The first-order valence-electron chi connectivity index (χ1n) is 7.25. The number of piperazine rings is 1. The van der Waals surface area contributed by atoms with Gasteiger partial charge in [0.2, 0.25) is 5.13 Å². The summed E-state index contributed by atoms with van der Waals surface area (Å²) in [5.41, 5.74) is 1.23. The van der Waals surface area contributed by atoms with E-state index >= 15 is 0 Å². The molecule has 0 radical (unpaired) electrons. The first-order chi connectivity index (χ1) is 10.8. The van der Waals surface area contributed by atoms with E-state index < -0.39 is 0 Å². The summed E-state index contributed by atoms with van der Waals surface area (Å²) in [6.45, 7) is 4.33. The molecule has 0 amide bonds. The van der Waals surface area contributed by atoms with Crippen LogP contribution in [0.5, 0.6) is 5.75 Å². The number of anilines is 2. The molecule has 22 heavy (non-hydrogen) atoms. The van der Waals surface area contributed by atoms with Crippen LogP contribution in [-0.4, -0.2) is 49.8 Å². The molecule has 6 nitrogen and oxygen atoms in total. The van der Waals surface area contributed by atoms with Crippen molar-refractivity contribution in [1.29, 1.82) is 0 Å². The summed E-state index contributed by atoms with van der Waals surface area (Å²) in [6.07, 6.45) is 0. The fraction of sp³-hybridized carbons (Fsp3) is 0.467. The van der Waals surface area contributed by atoms with Gasteiger partial charge in [-0.3, -0.25) is 0 Å². The number of nitrogens with zero attached hydrogens (tertiary/aromatic N) is 4. The van der Waals surface area contributed by atoms with Crippen molar-refractivity contribution in [1.82, 2.24) is 9.36 Å². The van der Waals surface area contributed by atoms with Crippen LogP contribution >= 0.6 is 11.5 Å². The number of rotatable bonds is 5. The monoisotopic (exact) mass is 320 g/mol. The zero-order valence-corrected chi connectivity index (χ0v) is 13.7. The molecular weight excluding hydrogens is 300 g/mol. The molecule has 118 valence electrons. The Morgan fingerprint density at radius 3 is 2.36 bits per heavy atom. The van der Waals surface area contributed by atoms with Crippen molar-refractivity contribution in [3.05, 3.63) is 30.1 Å². The van der Waals surface area contributed by atoms with Gasteiger partial charge in [0, 0.05) is 50.5 Å². The standard InChI is InChI=1S/C15H20N4O2S/c1-20-11-14-16-15(22-17-14)19-9-7-18(8-10-19)12-3-5-13(21-2)6-4-12/h3-6H,7-11H2,1-2H3. The number of benzene rings is 1. The molecule has 0 bridgehead atoms. The zero-order valence-electron chi connectivity index (χ0n) is 12.9. The molecule has 1 aromatic heterocycles. The van der Waals surface area contributed by atoms with Crippen LogP contribution in [0.3, 0.4) is 0 Å². The van der Waals surface area contributed by atoms with Gasteiger partial charge in [-0.15, -0.1) is 0 Å². The molecule has 0 atom stereocenters. The van der Waals surface area contributed by atoms with E-state index in [1.807, 2.05) is 12.1 Å². The van der Waals surface area contributed by atoms with Gasteiger partial charge in [-0.05, 0) is 24.3 Å². The molecule has 0 aliphatic carbocycles. The Morgan fingerprint density at radius 1 is 1.05 bits per heavy atom. The van der Waals surface area contributed by atoms with E-state index in [1.54, 1.807) is 14.2 Å². The first-order valence-corrected chi connectivity index (χ1v) is 8.03. The molecule has 1 aliphatic heterocycles. The molecule has 7 heteroatoms. The maximum atomic E-state index is 5.20. The second-order valence-corrected chi connectivity index (χ2v) is 5.83. The maximum absolute atomic E-state index is 5.20. The summed E-state index contributed by atoms with van der Waals surface area (Å²) >= 11 is 1.45. The molecule has 2 heterocycles. The largest absolute Gasteiger partial charge is 0.497 e. The molecule has 0 N–H and O–H groups in total. The fourth-order valence-corrected chi connectivity index (χ4v) is 3.23. The molecule has 0 unspecified atom stereocenters.